The fraction of sp³-hybridized carbons (Fsp3) is 0.625. The van der Waals surface area contributed by atoms with E-state index in [2.05, 4.69) is 37.4 Å². The number of benzene rings is 1. The summed E-state index contributed by atoms with van der Waals surface area (Å²) in [4.78, 5) is 0. The molecule has 112 valence electrons. The summed E-state index contributed by atoms with van der Waals surface area (Å²) < 4.78 is 16.3. The first-order valence-electron chi connectivity index (χ1n) is 7.27. The largest absolute Gasteiger partial charge is 0.489 e. The first kappa shape index (κ1) is 15.1. The molecule has 4 nitrogen and oxygen atoms in total. The normalized spacial score (nSPS) is 19.9. The molecule has 1 heterocycles. The summed E-state index contributed by atoms with van der Waals surface area (Å²) in [5.74, 6) is 1.47. The zero-order valence-electron chi connectivity index (χ0n) is 12.6. The van der Waals surface area contributed by atoms with Crippen LogP contribution in [0.2, 0.25) is 0 Å². The van der Waals surface area contributed by atoms with Gasteiger partial charge < -0.3 is 19.5 Å². The number of hydrogen-bond acceptors (Lipinski definition) is 4. The highest BCUT2D eigenvalue weighted by Crippen LogP contribution is 2.28. The Bertz CT molecular complexity index is 416. The van der Waals surface area contributed by atoms with Crippen LogP contribution in [0.25, 0.3) is 0 Å². The maximum Gasteiger partial charge on any atom is 0.142 e. The lowest BCUT2D eigenvalue weighted by molar-refractivity contribution is 0.146. The van der Waals surface area contributed by atoms with Crippen molar-refractivity contribution in [1.29, 1.82) is 0 Å². The highest BCUT2D eigenvalue weighted by atomic mass is 16.5. The van der Waals surface area contributed by atoms with E-state index in [1.54, 1.807) is 7.11 Å². The molecule has 2 atom stereocenters. The predicted molar refractivity (Wildman–Crippen MR) is 80.6 cm³/mol. The molecule has 4 heteroatoms. The topological polar surface area (TPSA) is 39.7 Å². The molecule has 1 aromatic rings. The summed E-state index contributed by atoms with van der Waals surface area (Å²) in [6, 6.07) is 6.63. The molecule has 0 bridgehead atoms. The molecule has 0 spiro atoms. The van der Waals surface area contributed by atoms with Crippen LogP contribution in [0.4, 0.5) is 5.69 Å². The Hall–Kier alpha value is -1.26. The second-order valence-corrected chi connectivity index (χ2v) is 5.40. The zero-order valence-corrected chi connectivity index (χ0v) is 12.6. The van der Waals surface area contributed by atoms with E-state index in [1.165, 1.54) is 5.56 Å². The van der Waals surface area contributed by atoms with E-state index in [0.717, 1.165) is 31.1 Å². The van der Waals surface area contributed by atoms with Gasteiger partial charge in [-0.2, -0.15) is 0 Å². The van der Waals surface area contributed by atoms with E-state index < -0.39 is 0 Å². The summed E-state index contributed by atoms with van der Waals surface area (Å²) in [7, 11) is 1.68. The van der Waals surface area contributed by atoms with Crippen molar-refractivity contribution >= 4 is 5.69 Å². The van der Waals surface area contributed by atoms with Crippen molar-refractivity contribution < 1.29 is 14.2 Å². The van der Waals surface area contributed by atoms with Crippen LogP contribution in [0.3, 0.4) is 0 Å². The Balaban J connectivity index is 2.01. The van der Waals surface area contributed by atoms with Crippen molar-refractivity contribution in [3.8, 4) is 5.75 Å². The van der Waals surface area contributed by atoms with Crippen LogP contribution in [0.1, 0.15) is 18.9 Å². The van der Waals surface area contributed by atoms with E-state index in [0.29, 0.717) is 25.2 Å². The van der Waals surface area contributed by atoms with Gasteiger partial charge in [0.1, 0.15) is 12.4 Å². The van der Waals surface area contributed by atoms with Crippen LogP contribution in [-0.4, -0.2) is 39.6 Å². The molecule has 1 aliphatic rings. The molecule has 2 unspecified atom stereocenters. The standard InChI is InChI=1S/C16H25NO3/c1-12-4-5-15(16(10-12)20-9-8-18-3)17-13(2)14-6-7-19-11-14/h4-5,10,13-14,17H,6-9,11H2,1-3H3. The second-order valence-electron chi connectivity index (χ2n) is 5.40. The van der Waals surface area contributed by atoms with Crippen molar-refractivity contribution in [2.45, 2.75) is 26.3 Å². The highest BCUT2D eigenvalue weighted by molar-refractivity contribution is 5.58. The van der Waals surface area contributed by atoms with Gasteiger partial charge in [0, 0.05) is 25.7 Å². The summed E-state index contributed by atoms with van der Waals surface area (Å²) in [6.45, 7) is 7.16. The minimum Gasteiger partial charge on any atom is -0.489 e. The Kier molecular flexibility index (Phi) is 5.68. The van der Waals surface area contributed by atoms with Crippen molar-refractivity contribution in [1.82, 2.24) is 0 Å². The molecule has 1 aliphatic heterocycles. The summed E-state index contributed by atoms with van der Waals surface area (Å²) in [5.41, 5.74) is 2.24. The van der Waals surface area contributed by atoms with Gasteiger partial charge in [-0.1, -0.05) is 6.07 Å². The molecule has 0 saturated carbocycles. The Labute approximate surface area is 121 Å². The maximum atomic E-state index is 5.80. The lowest BCUT2D eigenvalue weighted by atomic mass is 10.0. The van der Waals surface area contributed by atoms with Crippen molar-refractivity contribution in [3.05, 3.63) is 23.8 Å². The first-order chi connectivity index (χ1) is 9.70. The minimum atomic E-state index is 0.380. The van der Waals surface area contributed by atoms with Crippen LogP contribution in [0.5, 0.6) is 5.75 Å². The Morgan fingerprint density at radius 3 is 2.95 bits per heavy atom. The third-order valence-corrected chi connectivity index (χ3v) is 3.74. The Morgan fingerprint density at radius 1 is 1.40 bits per heavy atom. The highest BCUT2D eigenvalue weighted by Gasteiger charge is 2.22. The van der Waals surface area contributed by atoms with Crippen molar-refractivity contribution in [3.63, 3.8) is 0 Å². The van der Waals surface area contributed by atoms with Gasteiger partial charge in [0.25, 0.3) is 0 Å². The van der Waals surface area contributed by atoms with Crippen LogP contribution in [-0.2, 0) is 9.47 Å². The molecule has 1 fully saturated rings. The lowest BCUT2D eigenvalue weighted by Crippen LogP contribution is -2.26. The van der Waals surface area contributed by atoms with E-state index in [1.807, 2.05) is 0 Å². The lowest BCUT2D eigenvalue weighted by Gasteiger charge is -2.22. The average molecular weight is 279 g/mol. The van der Waals surface area contributed by atoms with Gasteiger partial charge in [-0.25, -0.2) is 0 Å². The molecule has 2 rings (SSSR count). The molecular formula is C16H25NO3. The minimum absolute atomic E-state index is 0.380. The Morgan fingerprint density at radius 2 is 2.25 bits per heavy atom. The molecule has 0 aromatic heterocycles. The van der Waals surface area contributed by atoms with Gasteiger partial charge in [0.2, 0.25) is 0 Å². The predicted octanol–water partition coefficient (Wildman–Crippen LogP) is 2.86. The number of anilines is 1. The number of methoxy groups -OCH3 is 1. The fourth-order valence-electron chi connectivity index (χ4n) is 2.41. The van der Waals surface area contributed by atoms with Gasteiger partial charge in [-0.15, -0.1) is 0 Å². The van der Waals surface area contributed by atoms with Crippen molar-refractivity contribution in [2.75, 3.05) is 38.9 Å². The van der Waals surface area contributed by atoms with Gasteiger partial charge >= 0.3 is 0 Å². The van der Waals surface area contributed by atoms with Crippen LogP contribution in [0, 0.1) is 12.8 Å². The molecule has 1 aromatic carbocycles. The first-order valence-corrected chi connectivity index (χ1v) is 7.27. The van der Waals surface area contributed by atoms with E-state index in [9.17, 15) is 0 Å². The monoisotopic (exact) mass is 279 g/mol. The van der Waals surface area contributed by atoms with Gasteiger partial charge in [0.05, 0.1) is 18.9 Å². The third-order valence-electron chi connectivity index (χ3n) is 3.74. The quantitative estimate of drug-likeness (QED) is 0.779. The van der Waals surface area contributed by atoms with Crippen molar-refractivity contribution in [2.24, 2.45) is 5.92 Å². The van der Waals surface area contributed by atoms with Crippen LogP contribution in [0.15, 0.2) is 18.2 Å². The molecular weight excluding hydrogens is 254 g/mol. The number of rotatable bonds is 7. The van der Waals surface area contributed by atoms with Gasteiger partial charge in [-0.05, 0) is 38.0 Å². The van der Waals surface area contributed by atoms with Crippen LogP contribution < -0.4 is 10.1 Å². The molecule has 0 radical (unpaired) electrons. The number of hydrogen-bond donors (Lipinski definition) is 1. The third kappa shape index (κ3) is 4.12. The summed E-state index contributed by atoms with van der Waals surface area (Å²) in [6.07, 6.45) is 1.12. The average Bonchev–Trinajstić information content (AvgIpc) is 2.96. The molecule has 1 saturated heterocycles. The number of ether oxygens (including phenoxy) is 3. The summed E-state index contributed by atoms with van der Waals surface area (Å²) in [5, 5.41) is 3.56. The number of aryl methyl sites for hydroxylation is 1. The summed E-state index contributed by atoms with van der Waals surface area (Å²) >= 11 is 0. The molecule has 20 heavy (non-hydrogen) atoms. The zero-order chi connectivity index (χ0) is 14.4. The van der Waals surface area contributed by atoms with Gasteiger partial charge in [-0.3, -0.25) is 0 Å². The SMILES string of the molecule is COCCOc1cc(C)ccc1NC(C)C1CCOC1. The fourth-order valence-corrected chi connectivity index (χ4v) is 2.41. The van der Waals surface area contributed by atoms with E-state index in [-0.39, 0.29) is 0 Å². The second kappa shape index (κ2) is 7.50. The smallest absolute Gasteiger partial charge is 0.142 e. The van der Waals surface area contributed by atoms with Gasteiger partial charge in [0.15, 0.2) is 0 Å². The maximum absolute atomic E-state index is 5.80. The molecule has 1 N–H and O–H groups in total. The van der Waals surface area contributed by atoms with E-state index >= 15 is 0 Å². The molecule has 0 amide bonds. The number of nitrogens with one attached hydrogen (secondary N) is 1. The van der Waals surface area contributed by atoms with Crippen LogP contribution >= 0.6 is 0 Å². The molecule has 0 aliphatic carbocycles. The van der Waals surface area contributed by atoms with E-state index in [4.69, 9.17) is 14.2 Å².